The van der Waals surface area contributed by atoms with Gasteiger partial charge in [-0.25, -0.2) is 0 Å². The van der Waals surface area contributed by atoms with E-state index in [-0.39, 0.29) is 24.0 Å². The number of amides is 1. The van der Waals surface area contributed by atoms with E-state index in [1.54, 1.807) is 0 Å². The van der Waals surface area contributed by atoms with E-state index in [0.717, 1.165) is 25.0 Å². The Morgan fingerprint density at radius 3 is 2.92 bits per heavy atom. The van der Waals surface area contributed by atoms with Crippen molar-refractivity contribution in [3.05, 3.63) is 35.9 Å². The van der Waals surface area contributed by atoms with Gasteiger partial charge in [-0.05, 0) is 18.4 Å². The number of hydrogen-bond acceptors (Lipinski definition) is 3. The lowest BCUT2D eigenvalue weighted by Crippen LogP contribution is -2.37. The maximum atomic E-state index is 12.1. The zero-order valence-corrected chi connectivity index (χ0v) is 14.1. The van der Waals surface area contributed by atoms with Crippen molar-refractivity contribution in [2.45, 2.75) is 31.4 Å². The van der Waals surface area contributed by atoms with Crippen molar-refractivity contribution < 1.29 is 9.53 Å². The molecular formula is C18H26N4O2. The van der Waals surface area contributed by atoms with E-state index in [1.807, 2.05) is 30.1 Å². The van der Waals surface area contributed by atoms with Gasteiger partial charge in [0.05, 0.1) is 12.1 Å². The first-order valence-corrected chi connectivity index (χ1v) is 8.61. The third kappa shape index (κ3) is 3.87. The number of carbonyl (C=O) groups excluding carboxylic acids is 1. The topological polar surface area (TPSA) is 80.0 Å². The first-order valence-electron chi connectivity index (χ1n) is 8.61. The fraction of sp³-hybridized carbons (Fsp3) is 0.556. The Kier molecular flexibility index (Phi) is 5.35. The lowest BCUT2D eigenvalue weighted by Gasteiger charge is -2.24. The van der Waals surface area contributed by atoms with Gasteiger partial charge in [-0.15, -0.1) is 0 Å². The minimum atomic E-state index is 0.0633. The van der Waals surface area contributed by atoms with E-state index < -0.39 is 0 Å². The maximum absolute atomic E-state index is 12.1. The molecule has 3 N–H and O–H groups in total. The van der Waals surface area contributed by atoms with Crippen molar-refractivity contribution in [2.75, 3.05) is 26.7 Å². The highest BCUT2D eigenvalue weighted by Crippen LogP contribution is 2.36. The highest BCUT2D eigenvalue weighted by atomic mass is 16.5. The number of rotatable bonds is 5. The molecule has 3 unspecified atom stereocenters. The van der Waals surface area contributed by atoms with E-state index in [1.165, 1.54) is 0 Å². The number of carbonyl (C=O) groups is 1. The van der Waals surface area contributed by atoms with Gasteiger partial charge in [-0.2, -0.15) is 0 Å². The third-order valence-corrected chi connectivity index (χ3v) is 4.87. The van der Waals surface area contributed by atoms with Crippen LogP contribution in [0.15, 0.2) is 35.3 Å². The van der Waals surface area contributed by atoms with E-state index >= 15 is 0 Å². The molecule has 6 heteroatoms. The van der Waals surface area contributed by atoms with Crippen LogP contribution in [0.3, 0.4) is 0 Å². The summed E-state index contributed by atoms with van der Waals surface area (Å²) in [6.45, 7) is 2.07. The summed E-state index contributed by atoms with van der Waals surface area (Å²) in [7, 11) is 1.86. The minimum Gasteiger partial charge on any atom is -0.376 e. The average molecular weight is 330 g/mol. The molecule has 0 bridgehead atoms. The summed E-state index contributed by atoms with van der Waals surface area (Å²) in [5.74, 6) is 0.738. The van der Waals surface area contributed by atoms with Crippen molar-refractivity contribution in [3.8, 4) is 0 Å². The van der Waals surface area contributed by atoms with Gasteiger partial charge in [0.2, 0.25) is 5.91 Å². The Balaban J connectivity index is 1.59. The third-order valence-electron chi connectivity index (χ3n) is 4.87. The summed E-state index contributed by atoms with van der Waals surface area (Å²) in [6, 6.07) is 10.2. The van der Waals surface area contributed by atoms with E-state index in [2.05, 4.69) is 22.4 Å². The van der Waals surface area contributed by atoms with Gasteiger partial charge in [0.1, 0.15) is 0 Å². The number of nitrogens with one attached hydrogen (secondary N) is 1. The summed E-state index contributed by atoms with van der Waals surface area (Å²) < 4.78 is 5.56. The van der Waals surface area contributed by atoms with E-state index in [4.69, 9.17) is 10.5 Å². The number of likely N-dealkylation sites (tertiary alicyclic amines) is 1. The smallest absolute Gasteiger partial charge is 0.223 e. The molecular weight excluding hydrogens is 304 g/mol. The molecule has 2 fully saturated rings. The second kappa shape index (κ2) is 7.66. The van der Waals surface area contributed by atoms with Crippen LogP contribution < -0.4 is 11.1 Å². The fourth-order valence-electron chi connectivity index (χ4n) is 3.56. The molecule has 3 rings (SSSR count). The van der Waals surface area contributed by atoms with Crippen LogP contribution in [-0.4, -0.2) is 49.6 Å². The van der Waals surface area contributed by atoms with Crippen LogP contribution in [0.25, 0.3) is 0 Å². The Morgan fingerprint density at radius 2 is 2.21 bits per heavy atom. The predicted molar refractivity (Wildman–Crippen MR) is 93.5 cm³/mol. The number of nitrogens with two attached hydrogens (primary N) is 1. The highest BCUT2D eigenvalue weighted by Gasteiger charge is 2.38. The zero-order valence-electron chi connectivity index (χ0n) is 14.1. The predicted octanol–water partition coefficient (Wildman–Crippen LogP) is 1.29. The number of benzene rings is 1. The number of aliphatic imine (C=N–C) groups is 1. The van der Waals surface area contributed by atoms with Crippen LogP contribution in [0.4, 0.5) is 0 Å². The van der Waals surface area contributed by atoms with Crippen LogP contribution in [0.5, 0.6) is 0 Å². The molecule has 1 amide bonds. The average Bonchev–Trinajstić information content (AvgIpc) is 3.21. The summed E-state index contributed by atoms with van der Waals surface area (Å²) in [5, 5.41) is 3.13. The van der Waals surface area contributed by atoms with Crippen LogP contribution in [0, 0.1) is 5.92 Å². The number of hydrogen-bond donors (Lipinski definition) is 2. The van der Waals surface area contributed by atoms with Crippen LogP contribution in [0.1, 0.15) is 30.9 Å². The first-order chi connectivity index (χ1) is 11.6. The van der Waals surface area contributed by atoms with E-state index in [0.29, 0.717) is 25.5 Å². The van der Waals surface area contributed by atoms with Gasteiger partial charge < -0.3 is 20.7 Å². The minimum absolute atomic E-state index is 0.0633. The Hall–Kier alpha value is -2.08. The zero-order chi connectivity index (χ0) is 16.9. The molecule has 2 saturated heterocycles. The molecule has 2 aliphatic heterocycles. The Morgan fingerprint density at radius 1 is 1.42 bits per heavy atom. The molecule has 0 spiro atoms. The standard InChI is InChI=1S/C18H26N4O2/c1-22-16(23)10-14(17(22)13-6-3-2-4-7-13)11-20-18(19)21-12-15-8-5-9-24-15/h2-4,6-7,14-15,17H,5,8-12H2,1H3,(H3,19,20,21). The van der Waals surface area contributed by atoms with Crippen LogP contribution in [0.2, 0.25) is 0 Å². The molecule has 0 radical (unpaired) electrons. The van der Waals surface area contributed by atoms with Crippen LogP contribution >= 0.6 is 0 Å². The Labute approximate surface area is 143 Å². The van der Waals surface area contributed by atoms with Crippen molar-refractivity contribution in [1.82, 2.24) is 10.2 Å². The molecule has 6 nitrogen and oxygen atoms in total. The monoisotopic (exact) mass is 330 g/mol. The summed E-state index contributed by atoms with van der Waals surface area (Å²) in [5.41, 5.74) is 7.12. The molecule has 3 atom stereocenters. The van der Waals surface area contributed by atoms with Gasteiger partial charge in [-0.3, -0.25) is 9.79 Å². The molecule has 24 heavy (non-hydrogen) atoms. The lowest BCUT2D eigenvalue weighted by molar-refractivity contribution is -0.127. The molecule has 0 aromatic heterocycles. The SMILES string of the molecule is CN1C(=O)CC(CN=C(N)NCC2CCCO2)C1c1ccccc1. The second-order valence-corrected chi connectivity index (χ2v) is 6.57. The first kappa shape index (κ1) is 16.8. The normalized spacial score (nSPS) is 27.7. The second-order valence-electron chi connectivity index (χ2n) is 6.57. The number of guanidine groups is 1. The molecule has 1 aromatic carbocycles. The van der Waals surface area contributed by atoms with Crippen LogP contribution in [-0.2, 0) is 9.53 Å². The molecule has 130 valence electrons. The van der Waals surface area contributed by atoms with Gasteiger partial charge >= 0.3 is 0 Å². The molecule has 0 saturated carbocycles. The fourth-order valence-corrected chi connectivity index (χ4v) is 3.56. The van der Waals surface area contributed by atoms with Gasteiger partial charge in [0.15, 0.2) is 5.96 Å². The van der Waals surface area contributed by atoms with Crippen molar-refractivity contribution in [3.63, 3.8) is 0 Å². The van der Waals surface area contributed by atoms with Gasteiger partial charge in [0.25, 0.3) is 0 Å². The van der Waals surface area contributed by atoms with Gasteiger partial charge in [0, 0.05) is 39.1 Å². The highest BCUT2D eigenvalue weighted by molar-refractivity contribution is 5.80. The number of nitrogens with zero attached hydrogens (tertiary/aromatic N) is 2. The number of ether oxygens (including phenoxy) is 1. The van der Waals surface area contributed by atoms with Gasteiger partial charge in [-0.1, -0.05) is 30.3 Å². The van der Waals surface area contributed by atoms with Crippen molar-refractivity contribution in [2.24, 2.45) is 16.6 Å². The van der Waals surface area contributed by atoms with Crippen molar-refractivity contribution >= 4 is 11.9 Å². The molecule has 2 heterocycles. The van der Waals surface area contributed by atoms with E-state index in [9.17, 15) is 4.79 Å². The lowest BCUT2D eigenvalue weighted by atomic mass is 9.94. The maximum Gasteiger partial charge on any atom is 0.223 e. The Bertz CT molecular complexity index is 584. The summed E-state index contributed by atoms with van der Waals surface area (Å²) in [6.07, 6.45) is 2.92. The summed E-state index contributed by atoms with van der Waals surface area (Å²) in [4.78, 5) is 18.4. The molecule has 1 aromatic rings. The molecule has 0 aliphatic carbocycles. The molecule has 2 aliphatic rings. The quantitative estimate of drug-likeness (QED) is 0.630. The van der Waals surface area contributed by atoms with Crippen molar-refractivity contribution in [1.29, 1.82) is 0 Å². The summed E-state index contributed by atoms with van der Waals surface area (Å²) >= 11 is 0. The largest absolute Gasteiger partial charge is 0.376 e.